The van der Waals surface area contributed by atoms with Gasteiger partial charge in [-0.05, 0) is 32.0 Å². The van der Waals surface area contributed by atoms with E-state index < -0.39 is 0 Å². The quantitative estimate of drug-likeness (QED) is 0.430. The van der Waals surface area contributed by atoms with Crippen LogP contribution in [0.15, 0.2) is 41.5 Å². The molecule has 5 nitrogen and oxygen atoms in total. The van der Waals surface area contributed by atoms with Crippen molar-refractivity contribution in [3.05, 3.63) is 52.5 Å². The molecule has 124 valence electrons. The molecule has 6 heteroatoms. The van der Waals surface area contributed by atoms with Crippen LogP contribution in [0.1, 0.15) is 27.9 Å². The van der Waals surface area contributed by atoms with Gasteiger partial charge in [0.2, 0.25) is 0 Å². The number of hydrogen-bond acceptors (Lipinski definition) is 5. The Labute approximate surface area is 144 Å². The number of benzene rings is 1. The molecule has 0 aliphatic rings. The summed E-state index contributed by atoms with van der Waals surface area (Å²) in [5.74, 6) is -0.331. The van der Waals surface area contributed by atoms with E-state index in [0.717, 1.165) is 21.5 Å². The van der Waals surface area contributed by atoms with Gasteiger partial charge in [0.1, 0.15) is 5.69 Å². The molecule has 0 amide bonds. The number of nitrogens with one attached hydrogen (secondary N) is 1. The summed E-state index contributed by atoms with van der Waals surface area (Å²) in [6.07, 6.45) is 1.69. The number of carbonyl (C=O) groups excluding carboxylic acids is 1. The number of fused-ring (bicyclic) bond motifs is 1. The number of hydrogen-bond donors (Lipinski definition) is 1. The average molecular weight is 341 g/mol. The smallest absolute Gasteiger partial charge is 0.355 e. The van der Waals surface area contributed by atoms with Crippen LogP contribution in [0.5, 0.6) is 0 Å². The normalized spacial score (nSPS) is 11.3. The second-order valence-corrected chi connectivity index (χ2v) is 6.61. The third-order valence-electron chi connectivity index (χ3n) is 3.66. The number of nitrogens with zero attached hydrogens (tertiary/aromatic N) is 2. The molecule has 2 heterocycles. The molecule has 0 saturated carbocycles. The van der Waals surface area contributed by atoms with Crippen LogP contribution in [0, 0.1) is 6.92 Å². The van der Waals surface area contributed by atoms with Crippen molar-refractivity contribution in [3.63, 3.8) is 0 Å². The number of rotatable bonds is 5. The largest absolute Gasteiger partial charge is 0.461 e. The minimum atomic E-state index is -0.331. The van der Waals surface area contributed by atoms with Crippen LogP contribution in [-0.4, -0.2) is 23.4 Å². The fourth-order valence-corrected chi connectivity index (χ4v) is 3.65. The van der Waals surface area contributed by atoms with Crippen molar-refractivity contribution in [3.8, 4) is 0 Å². The van der Waals surface area contributed by atoms with Gasteiger partial charge in [0.25, 0.3) is 0 Å². The van der Waals surface area contributed by atoms with Gasteiger partial charge in [0.05, 0.1) is 28.7 Å². The molecule has 24 heavy (non-hydrogen) atoms. The summed E-state index contributed by atoms with van der Waals surface area (Å²) in [6.45, 7) is 4.20. The van der Waals surface area contributed by atoms with E-state index in [-0.39, 0.29) is 5.97 Å². The van der Waals surface area contributed by atoms with Crippen LogP contribution in [-0.2, 0) is 11.8 Å². The highest BCUT2D eigenvalue weighted by molar-refractivity contribution is 7.19. The molecule has 0 unspecified atom stereocenters. The zero-order chi connectivity index (χ0) is 17.1. The Morgan fingerprint density at radius 1 is 1.38 bits per heavy atom. The van der Waals surface area contributed by atoms with E-state index in [1.807, 2.05) is 41.9 Å². The van der Waals surface area contributed by atoms with Crippen molar-refractivity contribution in [1.82, 2.24) is 4.57 Å². The molecule has 0 aliphatic carbocycles. The summed E-state index contributed by atoms with van der Waals surface area (Å²) in [7, 11) is 1.88. The first kappa shape index (κ1) is 16.3. The molecule has 0 bridgehead atoms. The van der Waals surface area contributed by atoms with Crippen molar-refractivity contribution in [2.24, 2.45) is 12.1 Å². The van der Waals surface area contributed by atoms with Gasteiger partial charge in [-0.3, -0.25) is 5.43 Å². The second-order valence-electron chi connectivity index (χ2n) is 5.35. The van der Waals surface area contributed by atoms with Crippen molar-refractivity contribution < 1.29 is 9.53 Å². The van der Waals surface area contributed by atoms with Crippen molar-refractivity contribution >= 4 is 39.4 Å². The third kappa shape index (κ3) is 3.05. The number of aryl methyl sites for hydroxylation is 2. The number of ether oxygens (including phenoxy) is 1. The van der Waals surface area contributed by atoms with Crippen molar-refractivity contribution in [2.75, 3.05) is 12.0 Å². The molecule has 0 radical (unpaired) electrons. The van der Waals surface area contributed by atoms with Crippen LogP contribution in [0.4, 0.5) is 5.69 Å². The summed E-state index contributed by atoms with van der Waals surface area (Å²) in [4.78, 5) is 13.5. The van der Waals surface area contributed by atoms with Gasteiger partial charge in [-0.1, -0.05) is 18.2 Å². The standard InChI is InChI=1S/C18H19N3O2S/c1-4-23-18(22)16-14(11-19-20-13-8-6-5-7-9-13)17-15(21(16)3)10-12(2)24-17/h5-11,20H,4H2,1-3H3/b19-11+. The summed E-state index contributed by atoms with van der Waals surface area (Å²) >= 11 is 1.65. The molecule has 0 fully saturated rings. The first-order valence-corrected chi connectivity index (χ1v) is 8.53. The molecule has 0 saturated heterocycles. The van der Waals surface area contributed by atoms with Crippen molar-refractivity contribution in [1.29, 1.82) is 0 Å². The molecule has 1 aromatic carbocycles. The van der Waals surface area contributed by atoms with E-state index in [2.05, 4.69) is 23.5 Å². The zero-order valence-electron chi connectivity index (χ0n) is 13.9. The number of thiophene rings is 1. The zero-order valence-corrected chi connectivity index (χ0v) is 14.7. The number of anilines is 1. The van der Waals surface area contributed by atoms with Crippen LogP contribution < -0.4 is 5.43 Å². The van der Waals surface area contributed by atoms with E-state index in [1.165, 1.54) is 4.88 Å². The number of aromatic nitrogens is 1. The van der Waals surface area contributed by atoms with Gasteiger partial charge in [-0.25, -0.2) is 4.79 Å². The summed E-state index contributed by atoms with van der Waals surface area (Å²) in [6, 6.07) is 11.8. The van der Waals surface area contributed by atoms with Crippen LogP contribution >= 0.6 is 11.3 Å². The predicted octanol–water partition coefficient (Wildman–Crippen LogP) is 4.17. The summed E-state index contributed by atoms with van der Waals surface area (Å²) in [5.41, 5.74) is 6.20. The van der Waals surface area contributed by atoms with Gasteiger partial charge in [0, 0.05) is 17.5 Å². The molecule has 3 rings (SSSR count). The lowest BCUT2D eigenvalue weighted by Gasteiger charge is -2.05. The van der Waals surface area contributed by atoms with Gasteiger partial charge in [-0.2, -0.15) is 5.10 Å². The number of hydrazone groups is 1. The lowest BCUT2D eigenvalue weighted by molar-refractivity contribution is 0.0515. The Morgan fingerprint density at radius 2 is 2.12 bits per heavy atom. The van der Waals surface area contributed by atoms with E-state index >= 15 is 0 Å². The molecule has 0 aliphatic heterocycles. The van der Waals surface area contributed by atoms with Crippen LogP contribution in [0.25, 0.3) is 10.2 Å². The summed E-state index contributed by atoms with van der Waals surface area (Å²) < 4.78 is 8.12. The van der Waals surface area contributed by atoms with Gasteiger partial charge < -0.3 is 9.30 Å². The maximum atomic E-state index is 12.4. The van der Waals surface area contributed by atoms with Crippen molar-refractivity contribution in [2.45, 2.75) is 13.8 Å². The Bertz CT molecular complexity index is 894. The SMILES string of the molecule is CCOC(=O)c1c(/C=N/Nc2ccccc2)c2sc(C)cc2n1C. The molecular formula is C18H19N3O2S. The van der Waals surface area contributed by atoms with Crippen LogP contribution in [0.3, 0.4) is 0 Å². The monoisotopic (exact) mass is 341 g/mol. The Kier molecular flexibility index (Phi) is 4.66. The molecule has 0 atom stereocenters. The lowest BCUT2D eigenvalue weighted by atomic mass is 10.2. The van der Waals surface area contributed by atoms with E-state index in [0.29, 0.717) is 12.3 Å². The van der Waals surface area contributed by atoms with Gasteiger partial charge >= 0.3 is 5.97 Å². The molecule has 0 spiro atoms. The highest BCUT2D eigenvalue weighted by Gasteiger charge is 2.22. The third-order valence-corrected chi connectivity index (χ3v) is 4.74. The lowest BCUT2D eigenvalue weighted by Crippen LogP contribution is -2.12. The fourth-order valence-electron chi connectivity index (χ4n) is 2.60. The van der Waals surface area contributed by atoms with Gasteiger partial charge in [-0.15, -0.1) is 11.3 Å². The minimum absolute atomic E-state index is 0.331. The highest BCUT2D eigenvalue weighted by atomic mass is 32.1. The second kappa shape index (κ2) is 6.88. The maximum Gasteiger partial charge on any atom is 0.355 e. The predicted molar refractivity (Wildman–Crippen MR) is 99.1 cm³/mol. The highest BCUT2D eigenvalue weighted by Crippen LogP contribution is 2.32. The van der Waals surface area contributed by atoms with E-state index in [1.54, 1.807) is 24.5 Å². The van der Waals surface area contributed by atoms with Gasteiger partial charge in [0.15, 0.2) is 0 Å². The van der Waals surface area contributed by atoms with E-state index in [4.69, 9.17) is 4.74 Å². The first-order valence-electron chi connectivity index (χ1n) is 7.72. The fraction of sp³-hybridized carbons (Fsp3) is 0.222. The Balaban J connectivity index is 2.00. The molecule has 3 aromatic rings. The van der Waals surface area contributed by atoms with E-state index in [9.17, 15) is 4.79 Å². The maximum absolute atomic E-state index is 12.4. The molecule has 1 N–H and O–H groups in total. The molecule has 2 aromatic heterocycles. The molecular weight excluding hydrogens is 322 g/mol. The number of esters is 1. The summed E-state index contributed by atoms with van der Waals surface area (Å²) in [5, 5.41) is 4.30. The number of para-hydroxylation sites is 1. The Morgan fingerprint density at radius 3 is 2.83 bits per heavy atom. The topological polar surface area (TPSA) is 55.6 Å². The number of carbonyl (C=O) groups is 1. The average Bonchev–Trinajstić information content (AvgIpc) is 3.06. The Hall–Kier alpha value is -2.60. The minimum Gasteiger partial charge on any atom is -0.461 e. The van der Waals surface area contributed by atoms with Crippen LogP contribution in [0.2, 0.25) is 0 Å². The first-order chi connectivity index (χ1) is 11.6.